The van der Waals surface area contributed by atoms with Gasteiger partial charge in [0.05, 0.1) is 13.2 Å². The number of aliphatic imine (C=N–C) groups is 1. The lowest BCUT2D eigenvalue weighted by molar-refractivity contribution is -0.0320. The van der Waals surface area contributed by atoms with Crippen LogP contribution >= 0.6 is 0 Å². The second kappa shape index (κ2) is 10.9. The molecule has 1 aliphatic heterocycles. The van der Waals surface area contributed by atoms with Gasteiger partial charge in [-0.25, -0.2) is 0 Å². The molecular formula is C19H31N3O3. The average molecular weight is 349 g/mol. The molecule has 6 nitrogen and oxygen atoms in total. The van der Waals surface area contributed by atoms with Crippen LogP contribution in [-0.4, -0.2) is 52.6 Å². The maximum atomic E-state index is 5.87. The zero-order valence-corrected chi connectivity index (χ0v) is 15.6. The van der Waals surface area contributed by atoms with Gasteiger partial charge in [-0.1, -0.05) is 12.1 Å². The molecule has 25 heavy (non-hydrogen) atoms. The Bertz CT molecular complexity index is 543. The fourth-order valence-electron chi connectivity index (χ4n) is 2.77. The predicted octanol–water partition coefficient (Wildman–Crippen LogP) is 2.25. The summed E-state index contributed by atoms with van der Waals surface area (Å²) in [6, 6.07) is 6.21. The van der Waals surface area contributed by atoms with Crippen molar-refractivity contribution in [2.75, 3.05) is 40.5 Å². The Balaban J connectivity index is 1.65. The van der Waals surface area contributed by atoms with Gasteiger partial charge in [0.25, 0.3) is 0 Å². The molecule has 0 atom stereocenters. The molecule has 2 rings (SSSR count). The van der Waals surface area contributed by atoms with Crippen molar-refractivity contribution in [2.45, 2.75) is 38.8 Å². The molecule has 1 fully saturated rings. The summed E-state index contributed by atoms with van der Waals surface area (Å²) in [6.45, 7) is 5.96. The molecule has 140 valence electrons. The minimum atomic E-state index is 0.361. The Kier molecular flexibility index (Phi) is 8.55. The lowest BCUT2D eigenvalue weighted by Gasteiger charge is -2.22. The number of ether oxygens (including phenoxy) is 3. The van der Waals surface area contributed by atoms with Gasteiger partial charge in [-0.15, -0.1) is 0 Å². The number of hydrogen-bond acceptors (Lipinski definition) is 4. The Morgan fingerprint density at radius 1 is 1.28 bits per heavy atom. The second-order valence-electron chi connectivity index (χ2n) is 6.20. The van der Waals surface area contributed by atoms with Gasteiger partial charge in [0.2, 0.25) is 0 Å². The molecule has 1 heterocycles. The van der Waals surface area contributed by atoms with Crippen molar-refractivity contribution in [3.63, 3.8) is 0 Å². The van der Waals surface area contributed by atoms with Gasteiger partial charge in [0.15, 0.2) is 5.96 Å². The molecule has 0 spiro atoms. The van der Waals surface area contributed by atoms with Crippen LogP contribution in [0.5, 0.6) is 5.75 Å². The van der Waals surface area contributed by atoms with E-state index in [-0.39, 0.29) is 0 Å². The number of methoxy groups -OCH3 is 1. The zero-order chi connectivity index (χ0) is 17.9. The number of benzene rings is 1. The van der Waals surface area contributed by atoms with E-state index in [1.54, 1.807) is 14.2 Å². The topological polar surface area (TPSA) is 64.1 Å². The number of nitrogens with zero attached hydrogens (tertiary/aromatic N) is 1. The van der Waals surface area contributed by atoms with Crippen molar-refractivity contribution in [1.29, 1.82) is 0 Å². The van der Waals surface area contributed by atoms with Crippen LogP contribution in [0.4, 0.5) is 0 Å². The molecule has 0 unspecified atom stereocenters. The molecule has 0 aliphatic carbocycles. The molecule has 2 N–H and O–H groups in total. The summed E-state index contributed by atoms with van der Waals surface area (Å²) in [5, 5.41) is 6.64. The van der Waals surface area contributed by atoms with E-state index in [1.807, 2.05) is 6.07 Å². The Labute approximate surface area is 151 Å². The second-order valence-corrected chi connectivity index (χ2v) is 6.20. The fourth-order valence-corrected chi connectivity index (χ4v) is 2.77. The highest BCUT2D eigenvalue weighted by molar-refractivity contribution is 5.79. The number of hydrogen-bond donors (Lipinski definition) is 2. The monoisotopic (exact) mass is 349 g/mol. The lowest BCUT2D eigenvalue weighted by atomic mass is 10.1. The maximum absolute atomic E-state index is 5.87. The first kappa shape index (κ1) is 19.5. The fraction of sp³-hybridized carbons (Fsp3) is 0.632. The summed E-state index contributed by atoms with van der Waals surface area (Å²) >= 11 is 0. The zero-order valence-electron chi connectivity index (χ0n) is 15.6. The van der Waals surface area contributed by atoms with Crippen LogP contribution in [0.3, 0.4) is 0 Å². The third kappa shape index (κ3) is 6.92. The van der Waals surface area contributed by atoms with Crippen molar-refractivity contribution in [3.8, 4) is 5.75 Å². The van der Waals surface area contributed by atoms with Crippen LogP contribution in [0.15, 0.2) is 23.2 Å². The van der Waals surface area contributed by atoms with Crippen molar-refractivity contribution < 1.29 is 14.2 Å². The summed E-state index contributed by atoms with van der Waals surface area (Å²) in [5.41, 5.74) is 2.30. The Morgan fingerprint density at radius 2 is 2.08 bits per heavy atom. The molecule has 0 radical (unpaired) electrons. The van der Waals surface area contributed by atoms with Crippen molar-refractivity contribution in [2.24, 2.45) is 4.99 Å². The van der Waals surface area contributed by atoms with Crippen molar-refractivity contribution >= 4 is 5.96 Å². The molecule has 0 saturated carbocycles. The van der Waals surface area contributed by atoms with Crippen LogP contribution < -0.4 is 15.4 Å². The van der Waals surface area contributed by atoms with Gasteiger partial charge in [0, 0.05) is 45.5 Å². The van der Waals surface area contributed by atoms with Gasteiger partial charge in [-0.05, 0) is 37.8 Å². The summed E-state index contributed by atoms with van der Waals surface area (Å²) in [4.78, 5) is 4.26. The van der Waals surface area contributed by atoms with Crippen LogP contribution in [0, 0.1) is 6.92 Å². The van der Waals surface area contributed by atoms with E-state index in [0.717, 1.165) is 62.9 Å². The quantitative estimate of drug-likeness (QED) is 0.428. The van der Waals surface area contributed by atoms with E-state index < -0.39 is 0 Å². The molecule has 6 heteroatoms. The highest BCUT2D eigenvalue weighted by Crippen LogP contribution is 2.19. The molecular weight excluding hydrogens is 318 g/mol. The smallest absolute Gasteiger partial charge is 0.191 e. The van der Waals surface area contributed by atoms with E-state index >= 15 is 0 Å². The lowest BCUT2D eigenvalue weighted by Crippen LogP contribution is -2.37. The summed E-state index contributed by atoms with van der Waals surface area (Å²) in [7, 11) is 3.48. The third-order valence-electron chi connectivity index (χ3n) is 4.25. The molecule has 1 saturated heterocycles. The largest absolute Gasteiger partial charge is 0.496 e. The molecule has 1 aliphatic rings. The standard InChI is InChI=1S/C19H31N3O3/c1-15-5-6-16(18(13-15)23-3)14-22-19(20-2)21-9-4-10-25-17-7-11-24-12-8-17/h5-6,13,17H,4,7-12,14H2,1-3H3,(H2,20,21,22). The van der Waals surface area contributed by atoms with Crippen molar-refractivity contribution in [1.82, 2.24) is 10.6 Å². The van der Waals surface area contributed by atoms with Crippen molar-refractivity contribution in [3.05, 3.63) is 29.3 Å². The summed E-state index contributed by atoms with van der Waals surface area (Å²) < 4.78 is 16.6. The van der Waals surface area contributed by atoms with Crippen LogP contribution in [0.25, 0.3) is 0 Å². The molecule has 0 amide bonds. The highest BCUT2D eigenvalue weighted by atomic mass is 16.5. The third-order valence-corrected chi connectivity index (χ3v) is 4.25. The maximum Gasteiger partial charge on any atom is 0.191 e. The normalized spacial score (nSPS) is 15.9. The van der Waals surface area contributed by atoms with Crippen LogP contribution in [0.2, 0.25) is 0 Å². The molecule has 1 aromatic rings. The number of aryl methyl sites for hydroxylation is 1. The minimum absolute atomic E-state index is 0.361. The summed E-state index contributed by atoms with van der Waals surface area (Å²) in [6.07, 6.45) is 3.33. The van der Waals surface area contributed by atoms with E-state index in [0.29, 0.717) is 12.6 Å². The van der Waals surface area contributed by atoms with Gasteiger partial charge in [-0.3, -0.25) is 4.99 Å². The SMILES string of the molecule is CN=C(NCCCOC1CCOCC1)NCc1ccc(C)cc1OC. The van der Waals surface area contributed by atoms with Gasteiger partial charge in [-0.2, -0.15) is 0 Å². The first-order chi connectivity index (χ1) is 12.2. The number of rotatable bonds is 8. The molecule has 0 aromatic heterocycles. The van der Waals surface area contributed by atoms with E-state index in [9.17, 15) is 0 Å². The van der Waals surface area contributed by atoms with Gasteiger partial charge < -0.3 is 24.8 Å². The predicted molar refractivity (Wildman–Crippen MR) is 100 cm³/mol. The minimum Gasteiger partial charge on any atom is -0.496 e. The number of guanidine groups is 1. The molecule has 1 aromatic carbocycles. The Hall–Kier alpha value is -1.79. The van der Waals surface area contributed by atoms with E-state index in [1.165, 1.54) is 5.56 Å². The van der Waals surface area contributed by atoms with E-state index in [2.05, 4.69) is 34.7 Å². The number of nitrogens with one attached hydrogen (secondary N) is 2. The first-order valence-electron chi connectivity index (χ1n) is 9.00. The van der Waals surface area contributed by atoms with Gasteiger partial charge in [0.1, 0.15) is 5.75 Å². The van der Waals surface area contributed by atoms with Crippen LogP contribution in [-0.2, 0) is 16.0 Å². The molecule has 0 bridgehead atoms. The highest BCUT2D eigenvalue weighted by Gasteiger charge is 2.13. The van der Waals surface area contributed by atoms with Crippen LogP contribution in [0.1, 0.15) is 30.4 Å². The Morgan fingerprint density at radius 3 is 2.80 bits per heavy atom. The first-order valence-corrected chi connectivity index (χ1v) is 9.00. The van der Waals surface area contributed by atoms with Gasteiger partial charge >= 0.3 is 0 Å². The average Bonchev–Trinajstić information content (AvgIpc) is 2.65. The van der Waals surface area contributed by atoms with E-state index in [4.69, 9.17) is 14.2 Å². The summed E-state index contributed by atoms with van der Waals surface area (Å²) in [5.74, 6) is 1.68.